The van der Waals surface area contributed by atoms with E-state index in [9.17, 15) is 22.8 Å². The Morgan fingerprint density at radius 1 is 1.07 bits per heavy atom. The number of methoxy groups -OCH3 is 1. The van der Waals surface area contributed by atoms with Crippen molar-refractivity contribution in [3.8, 4) is 5.75 Å². The van der Waals surface area contributed by atoms with E-state index in [0.29, 0.717) is 37.2 Å². The number of nitrogens with zero attached hydrogens (tertiary/aromatic N) is 1. The molecule has 5 nitrogen and oxygen atoms in total. The Hall–Kier alpha value is -3.03. The van der Waals surface area contributed by atoms with Crippen LogP contribution >= 0.6 is 0 Å². The molecule has 8 heteroatoms. The van der Waals surface area contributed by atoms with Crippen LogP contribution in [0.4, 0.5) is 18.9 Å². The molecule has 0 bridgehead atoms. The van der Waals surface area contributed by atoms with Gasteiger partial charge in [0, 0.05) is 24.6 Å². The first kappa shape index (κ1) is 19.7. The van der Waals surface area contributed by atoms with Crippen molar-refractivity contribution < 1.29 is 27.5 Å². The summed E-state index contributed by atoms with van der Waals surface area (Å²) in [6.07, 6.45) is 0.764. The van der Waals surface area contributed by atoms with Gasteiger partial charge < -0.3 is 15.0 Å². The van der Waals surface area contributed by atoms with Gasteiger partial charge in [-0.25, -0.2) is 13.2 Å². The zero-order valence-corrected chi connectivity index (χ0v) is 15.2. The molecule has 1 aliphatic rings. The number of piperidine rings is 1. The summed E-state index contributed by atoms with van der Waals surface area (Å²) in [5.41, 5.74) is 0.0879. The number of nitrogens with one attached hydrogen (secondary N) is 1. The zero-order valence-electron chi connectivity index (χ0n) is 15.2. The van der Waals surface area contributed by atoms with E-state index in [4.69, 9.17) is 4.74 Å². The van der Waals surface area contributed by atoms with Crippen LogP contribution in [0.3, 0.4) is 0 Å². The summed E-state index contributed by atoms with van der Waals surface area (Å²) in [5, 5.41) is 2.30. The van der Waals surface area contributed by atoms with E-state index in [1.54, 1.807) is 29.2 Å². The highest BCUT2D eigenvalue weighted by Crippen LogP contribution is 2.24. The van der Waals surface area contributed by atoms with Crippen LogP contribution < -0.4 is 10.1 Å². The van der Waals surface area contributed by atoms with E-state index in [1.165, 1.54) is 7.11 Å². The number of hydrogen-bond acceptors (Lipinski definition) is 3. The van der Waals surface area contributed by atoms with Crippen LogP contribution in [0.5, 0.6) is 5.75 Å². The number of likely N-dealkylation sites (tertiary alicyclic amines) is 1. The molecular weight excluding hydrogens is 373 g/mol. The topological polar surface area (TPSA) is 58.6 Å². The SMILES string of the molecule is COc1cccc(C(=O)N2CCC(C(=O)Nc3ccc(F)c(F)c3F)CC2)c1. The molecule has 0 atom stereocenters. The number of anilines is 1. The number of halogens is 3. The predicted molar refractivity (Wildman–Crippen MR) is 96.6 cm³/mol. The first-order valence-corrected chi connectivity index (χ1v) is 8.78. The largest absolute Gasteiger partial charge is 0.497 e. The summed E-state index contributed by atoms with van der Waals surface area (Å²) < 4.78 is 45.1. The number of ether oxygens (including phenoxy) is 1. The number of amides is 2. The molecule has 0 spiro atoms. The lowest BCUT2D eigenvalue weighted by Crippen LogP contribution is -2.41. The van der Waals surface area contributed by atoms with Crippen LogP contribution in [0.2, 0.25) is 0 Å². The van der Waals surface area contributed by atoms with Gasteiger partial charge in [0.1, 0.15) is 5.75 Å². The highest BCUT2D eigenvalue weighted by Gasteiger charge is 2.28. The molecule has 0 radical (unpaired) electrons. The maximum Gasteiger partial charge on any atom is 0.253 e. The lowest BCUT2D eigenvalue weighted by molar-refractivity contribution is -0.121. The van der Waals surface area contributed by atoms with Crippen LogP contribution in [0, 0.1) is 23.4 Å². The number of carbonyl (C=O) groups is 2. The van der Waals surface area contributed by atoms with Gasteiger partial charge in [-0.1, -0.05) is 6.07 Å². The van der Waals surface area contributed by atoms with Gasteiger partial charge in [-0.05, 0) is 43.2 Å². The van der Waals surface area contributed by atoms with E-state index in [1.807, 2.05) is 0 Å². The van der Waals surface area contributed by atoms with Crippen molar-refractivity contribution in [1.82, 2.24) is 4.90 Å². The molecule has 1 heterocycles. The smallest absolute Gasteiger partial charge is 0.253 e. The molecule has 148 valence electrons. The van der Waals surface area contributed by atoms with E-state index in [2.05, 4.69) is 5.32 Å². The van der Waals surface area contributed by atoms with Gasteiger partial charge in [0.25, 0.3) is 5.91 Å². The molecule has 2 amide bonds. The minimum atomic E-state index is -1.63. The lowest BCUT2D eigenvalue weighted by Gasteiger charge is -2.31. The van der Waals surface area contributed by atoms with Crippen LogP contribution in [-0.2, 0) is 4.79 Å². The fraction of sp³-hybridized carbons (Fsp3) is 0.300. The van der Waals surface area contributed by atoms with Gasteiger partial charge in [0.15, 0.2) is 17.5 Å². The van der Waals surface area contributed by atoms with E-state index < -0.39 is 35.0 Å². The second-order valence-electron chi connectivity index (χ2n) is 6.51. The highest BCUT2D eigenvalue weighted by atomic mass is 19.2. The molecule has 28 heavy (non-hydrogen) atoms. The molecule has 3 rings (SSSR count). The van der Waals surface area contributed by atoms with Gasteiger partial charge in [-0.3, -0.25) is 9.59 Å². The summed E-state index contributed by atoms with van der Waals surface area (Å²) in [6, 6.07) is 8.53. The van der Waals surface area contributed by atoms with Crippen LogP contribution in [0.15, 0.2) is 36.4 Å². The van der Waals surface area contributed by atoms with Gasteiger partial charge in [-0.15, -0.1) is 0 Å². The molecule has 0 aliphatic carbocycles. The molecular formula is C20H19F3N2O3. The molecule has 2 aromatic rings. The first-order valence-electron chi connectivity index (χ1n) is 8.78. The van der Waals surface area contributed by atoms with Crippen molar-refractivity contribution in [2.75, 3.05) is 25.5 Å². The Morgan fingerprint density at radius 2 is 1.79 bits per heavy atom. The third-order valence-corrected chi connectivity index (χ3v) is 4.76. The van der Waals surface area contributed by atoms with Crippen LogP contribution in [0.1, 0.15) is 23.2 Å². The summed E-state index contributed by atoms with van der Waals surface area (Å²) >= 11 is 0. The Morgan fingerprint density at radius 3 is 2.46 bits per heavy atom. The van der Waals surface area contributed by atoms with E-state index in [0.717, 1.165) is 12.1 Å². The van der Waals surface area contributed by atoms with E-state index in [-0.39, 0.29) is 5.91 Å². The van der Waals surface area contributed by atoms with Crippen molar-refractivity contribution >= 4 is 17.5 Å². The van der Waals surface area contributed by atoms with Crippen molar-refractivity contribution in [1.29, 1.82) is 0 Å². The number of carbonyl (C=O) groups excluding carboxylic acids is 2. The zero-order chi connectivity index (χ0) is 20.3. The highest BCUT2D eigenvalue weighted by molar-refractivity contribution is 5.95. The Labute approximate surface area is 160 Å². The lowest BCUT2D eigenvalue weighted by atomic mass is 9.95. The average Bonchev–Trinajstić information content (AvgIpc) is 2.73. The van der Waals surface area contributed by atoms with E-state index >= 15 is 0 Å². The molecule has 1 aliphatic heterocycles. The molecule has 0 unspecified atom stereocenters. The third kappa shape index (κ3) is 4.11. The van der Waals surface area contributed by atoms with Crippen LogP contribution in [0.25, 0.3) is 0 Å². The molecule has 1 N–H and O–H groups in total. The maximum absolute atomic E-state index is 13.7. The third-order valence-electron chi connectivity index (χ3n) is 4.76. The van der Waals surface area contributed by atoms with Crippen molar-refractivity contribution in [3.05, 3.63) is 59.4 Å². The number of hydrogen-bond donors (Lipinski definition) is 1. The van der Waals surface area contributed by atoms with Crippen LogP contribution in [-0.4, -0.2) is 36.9 Å². The summed E-state index contributed by atoms with van der Waals surface area (Å²) in [6.45, 7) is 0.711. The van der Waals surface area contributed by atoms with Crippen molar-refractivity contribution in [2.45, 2.75) is 12.8 Å². The summed E-state index contributed by atoms with van der Waals surface area (Å²) in [5.74, 6) is -4.91. The summed E-state index contributed by atoms with van der Waals surface area (Å²) in [7, 11) is 1.52. The van der Waals surface area contributed by atoms with Crippen molar-refractivity contribution in [3.63, 3.8) is 0 Å². The molecule has 1 fully saturated rings. The standard InChI is InChI=1S/C20H19F3N2O3/c1-28-14-4-2-3-13(11-14)20(27)25-9-7-12(8-10-25)19(26)24-16-6-5-15(21)17(22)18(16)23/h2-6,11-12H,7-10H2,1H3,(H,24,26). The Balaban J connectivity index is 1.59. The fourth-order valence-corrected chi connectivity index (χ4v) is 3.14. The monoisotopic (exact) mass is 392 g/mol. The Kier molecular flexibility index (Phi) is 5.87. The second-order valence-corrected chi connectivity index (χ2v) is 6.51. The molecule has 2 aromatic carbocycles. The molecule has 0 saturated carbocycles. The predicted octanol–water partition coefficient (Wildman–Crippen LogP) is 3.60. The normalized spacial score (nSPS) is 14.6. The van der Waals surface area contributed by atoms with Gasteiger partial charge in [0.05, 0.1) is 12.8 Å². The number of benzene rings is 2. The average molecular weight is 392 g/mol. The summed E-state index contributed by atoms with van der Waals surface area (Å²) in [4.78, 5) is 26.6. The molecule has 1 saturated heterocycles. The van der Waals surface area contributed by atoms with Gasteiger partial charge >= 0.3 is 0 Å². The first-order chi connectivity index (χ1) is 13.4. The van der Waals surface area contributed by atoms with Gasteiger partial charge in [0.2, 0.25) is 5.91 Å². The Bertz CT molecular complexity index is 896. The van der Waals surface area contributed by atoms with Crippen molar-refractivity contribution in [2.24, 2.45) is 5.92 Å². The minimum absolute atomic E-state index is 0.163. The number of rotatable bonds is 4. The quantitative estimate of drug-likeness (QED) is 0.809. The fourth-order valence-electron chi connectivity index (χ4n) is 3.14. The minimum Gasteiger partial charge on any atom is -0.497 e. The maximum atomic E-state index is 13.7. The molecule has 0 aromatic heterocycles. The second kappa shape index (κ2) is 8.33. The van der Waals surface area contributed by atoms with Gasteiger partial charge in [-0.2, -0.15) is 0 Å².